The van der Waals surface area contributed by atoms with E-state index in [1.807, 2.05) is 4.90 Å². The van der Waals surface area contributed by atoms with Gasteiger partial charge in [0, 0.05) is 13.1 Å². The molecule has 1 aromatic rings. The fraction of sp³-hybridized carbons (Fsp3) is 0.533. The van der Waals surface area contributed by atoms with Crippen molar-refractivity contribution in [2.24, 2.45) is 11.8 Å². The molecule has 1 aromatic heterocycles. The van der Waals surface area contributed by atoms with E-state index in [-0.39, 0.29) is 17.3 Å². The van der Waals surface area contributed by atoms with Crippen LogP contribution in [0.25, 0.3) is 0 Å². The lowest BCUT2D eigenvalue weighted by Crippen LogP contribution is -2.35. The highest BCUT2D eigenvalue weighted by Gasteiger charge is 2.32. The molecular formula is C15H18N2O3. The maximum atomic E-state index is 12.5. The van der Waals surface area contributed by atoms with Gasteiger partial charge in [0.2, 0.25) is 0 Å². The van der Waals surface area contributed by atoms with Crippen LogP contribution in [0.5, 0.6) is 0 Å². The van der Waals surface area contributed by atoms with Gasteiger partial charge in [-0.3, -0.25) is 4.79 Å². The van der Waals surface area contributed by atoms with Gasteiger partial charge in [-0.25, -0.2) is 9.78 Å². The van der Waals surface area contributed by atoms with Crippen molar-refractivity contribution in [3.63, 3.8) is 0 Å². The Bertz CT molecular complexity index is 522. The second kappa shape index (κ2) is 5.23. The summed E-state index contributed by atoms with van der Waals surface area (Å²) in [6.07, 6.45) is 4.77. The molecule has 106 valence electrons. The maximum absolute atomic E-state index is 12.5. The Morgan fingerprint density at radius 3 is 2.15 bits per heavy atom. The van der Waals surface area contributed by atoms with Gasteiger partial charge >= 0.3 is 5.97 Å². The van der Waals surface area contributed by atoms with E-state index in [2.05, 4.69) is 4.98 Å². The van der Waals surface area contributed by atoms with Crippen LogP contribution in [0.1, 0.15) is 46.7 Å². The van der Waals surface area contributed by atoms with E-state index in [1.165, 1.54) is 31.7 Å². The molecule has 0 radical (unpaired) electrons. The van der Waals surface area contributed by atoms with E-state index in [0.717, 1.165) is 13.1 Å². The van der Waals surface area contributed by atoms with Crippen molar-refractivity contribution >= 4 is 11.9 Å². The zero-order valence-corrected chi connectivity index (χ0v) is 11.3. The Balaban J connectivity index is 1.76. The van der Waals surface area contributed by atoms with Crippen molar-refractivity contribution in [3.8, 4) is 0 Å². The zero-order chi connectivity index (χ0) is 14.1. The van der Waals surface area contributed by atoms with E-state index in [1.54, 1.807) is 12.1 Å². The monoisotopic (exact) mass is 274 g/mol. The molecule has 0 spiro atoms. The Morgan fingerprint density at radius 1 is 1.10 bits per heavy atom. The summed E-state index contributed by atoms with van der Waals surface area (Å²) in [5.41, 5.74) is 0.167. The van der Waals surface area contributed by atoms with Crippen molar-refractivity contribution in [3.05, 3.63) is 29.6 Å². The minimum atomic E-state index is -1.10. The summed E-state index contributed by atoms with van der Waals surface area (Å²) in [5.74, 6) is 0.0169. The van der Waals surface area contributed by atoms with Crippen LogP contribution in [-0.2, 0) is 0 Å². The van der Waals surface area contributed by atoms with Gasteiger partial charge in [-0.2, -0.15) is 0 Å². The molecule has 0 aromatic carbocycles. The Labute approximate surface area is 117 Å². The van der Waals surface area contributed by atoms with Crippen molar-refractivity contribution in [2.75, 3.05) is 13.1 Å². The number of pyridine rings is 1. The fourth-order valence-corrected chi connectivity index (χ4v) is 2.30. The van der Waals surface area contributed by atoms with Gasteiger partial charge in [0.05, 0.1) is 0 Å². The van der Waals surface area contributed by atoms with Gasteiger partial charge in [-0.1, -0.05) is 6.07 Å². The molecule has 0 bridgehead atoms. The standard InChI is InChI=1S/C15H18N2O3/c18-14(12-2-1-3-13(16-12)15(19)20)17(8-10-4-5-10)9-11-6-7-11/h1-3,10-11H,4-9H2,(H,19,20). The average Bonchev–Trinajstić information content (AvgIpc) is 3.32. The zero-order valence-electron chi connectivity index (χ0n) is 11.3. The summed E-state index contributed by atoms with van der Waals surface area (Å²) >= 11 is 0. The van der Waals surface area contributed by atoms with E-state index in [4.69, 9.17) is 5.11 Å². The number of aromatic nitrogens is 1. The number of carbonyl (C=O) groups is 2. The first-order chi connectivity index (χ1) is 9.63. The van der Waals surface area contributed by atoms with Crippen LogP contribution >= 0.6 is 0 Å². The molecule has 5 nitrogen and oxygen atoms in total. The third-order valence-corrected chi connectivity index (χ3v) is 3.83. The Kier molecular flexibility index (Phi) is 3.42. The lowest BCUT2D eigenvalue weighted by Gasteiger charge is -2.22. The molecule has 2 aliphatic rings. The highest BCUT2D eigenvalue weighted by atomic mass is 16.4. The average molecular weight is 274 g/mol. The molecule has 20 heavy (non-hydrogen) atoms. The number of carboxylic acids is 1. The summed E-state index contributed by atoms with van der Waals surface area (Å²) in [6.45, 7) is 1.57. The van der Waals surface area contributed by atoms with Crippen LogP contribution in [0.4, 0.5) is 0 Å². The molecule has 2 fully saturated rings. The topological polar surface area (TPSA) is 70.5 Å². The number of rotatable bonds is 6. The molecule has 1 amide bonds. The first-order valence-corrected chi connectivity index (χ1v) is 7.13. The predicted molar refractivity (Wildman–Crippen MR) is 72.5 cm³/mol. The van der Waals surface area contributed by atoms with Crippen LogP contribution < -0.4 is 0 Å². The summed E-state index contributed by atoms with van der Waals surface area (Å²) < 4.78 is 0. The number of carbonyl (C=O) groups excluding carboxylic acids is 1. The number of amides is 1. The molecule has 0 atom stereocenters. The van der Waals surface area contributed by atoms with Crippen molar-refractivity contribution in [1.82, 2.24) is 9.88 Å². The summed E-state index contributed by atoms with van der Waals surface area (Å²) in [6, 6.07) is 4.59. The molecule has 1 heterocycles. The molecule has 0 unspecified atom stereocenters. The summed E-state index contributed by atoms with van der Waals surface area (Å²) in [4.78, 5) is 29.3. The third-order valence-electron chi connectivity index (χ3n) is 3.83. The van der Waals surface area contributed by atoms with Gasteiger partial charge in [-0.05, 0) is 49.7 Å². The van der Waals surface area contributed by atoms with E-state index >= 15 is 0 Å². The van der Waals surface area contributed by atoms with Crippen molar-refractivity contribution < 1.29 is 14.7 Å². The maximum Gasteiger partial charge on any atom is 0.354 e. The lowest BCUT2D eigenvalue weighted by atomic mass is 10.2. The van der Waals surface area contributed by atoms with Gasteiger partial charge in [0.1, 0.15) is 11.4 Å². The predicted octanol–water partition coefficient (Wildman–Crippen LogP) is 2.04. The lowest BCUT2D eigenvalue weighted by molar-refractivity contribution is 0.0689. The first-order valence-electron chi connectivity index (χ1n) is 7.13. The third kappa shape index (κ3) is 3.15. The fourth-order valence-electron chi connectivity index (χ4n) is 2.30. The second-order valence-corrected chi connectivity index (χ2v) is 5.81. The van der Waals surface area contributed by atoms with E-state index in [0.29, 0.717) is 11.8 Å². The van der Waals surface area contributed by atoms with Crippen LogP contribution in [0.2, 0.25) is 0 Å². The minimum absolute atomic E-state index is 0.0753. The largest absolute Gasteiger partial charge is 0.477 e. The van der Waals surface area contributed by atoms with Crippen molar-refractivity contribution in [1.29, 1.82) is 0 Å². The molecule has 3 rings (SSSR count). The van der Waals surface area contributed by atoms with Crippen LogP contribution in [-0.4, -0.2) is 40.0 Å². The van der Waals surface area contributed by atoms with E-state index in [9.17, 15) is 9.59 Å². The van der Waals surface area contributed by atoms with Gasteiger partial charge in [0.25, 0.3) is 5.91 Å². The Morgan fingerprint density at radius 2 is 1.65 bits per heavy atom. The highest BCUT2D eigenvalue weighted by molar-refractivity contribution is 5.94. The summed E-state index contributed by atoms with van der Waals surface area (Å²) in [5, 5.41) is 8.95. The molecule has 2 aliphatic carbocycles. The normalized spacial score (nSPS) is 17.8. The van der Waals surface area contributed by atoms with Crippen LogP contribution in [0.3, 0.4) is 0 Å². The molecule has 2 saturated carbocycles. The van der Waals surface area contributed by atoms with Crippen LogP contribution in [0.15, 0.2) is 18.2 Å². The van der Waals surface area contributed by atoms with E-state index < -0.39 is 5.97 Å². The second-order valence-electron chi connectivity index (χ2n) is 5.81. The quantitative estimate of drug-likeness (QED) is 0.861. The van der Waals surface area contributed by atoms with Gasteiger partial charge in [0.15, 0.2) is 0 Å². The highest BCUT2D eigenvalue weighted by Crippen LogP contribution is 2.34. The Hall–Kier alpha value is -1.91. The molecule has 1 N–H and O–H groups in total. The number of aromatic carboxylic acids is 1. The smallest absolute Gasteiger partial charge is 0.354 e. The number of hydrogen-bond acceptors (Lipinski definition) is 3. The SMILES string of the molecule is O=C(O)c1cccc(C(=O)N(CC2CC2)CC2CC2)n1. The van der Waals surface area contributed by atoms with Crippen molar-refractivity contribution in [2.45, 2.75) is 25.7 Å². The molecule has 0 aliphatic heterocycles. The van der Waals surface area contributed by atoms with Crippen LogP contribution in [0, 0.1) is 11.8 Å². The first kappa shape index (κ1) is 13.1. The summed E-state index contributed by atoms with van der Waals surface area (Å²) in [7, 11) is 0. The molecule has 0 saturated heterocycles. The minimum Gasteiger partial charge on any atom is -0.477 e. The van der Waals surface area contributed by atoms with Gasteiger partial charge < -0.3 is 10.0 Å². The number of carboxylic acid groups (broad SMARTS) is 1. The number of nitrogens with zero attached hydrogens (tertiary/aromatic N) is 2. The number of hydrogen-bond donors (Lipinski definition) is 1. The molecular weight excluding hydrogens is 256 g/mol. The molecule has 5 heteroatoms. The van der Waals surface area contributed by atoms with Gasteiger partial charge in [-0.15, -0.1) is 0 Å².